The highest BCUT2D eigenvalue weighted by Gasteiger charge is 2.42. The zero-order valence-electron chi connectivity index (χ0n) is 17.5. The molecular formula is C22H19F3N6O2. The molecule has 1 fully saturated rings. The maximum Gasteiger partial charge on any atom is 0.418 e. The molecule has 1 amide bonds. The molecule has 5 rings (SSSR count). The lowest BCUT2D eigenvalue weighted by atomic mass is 9.75. The van der Waals surface area contributed by atoms with Crippen LogP contribution in [0.4, 0.5) is 18.9 Å². The van der Waals surface area contributed by atoms with Crippen LogP contribution in [0.25, 0.3) is 11.0 Å². The van der Waals surface area contributed by atoms with Crippen LogP contribution in [0, 0.1) is 0 Å². The Morgan fingerprint density at radius 2 is 2.03 bits per heavy atom. The number of ether oxygens (including phenoxy) is 1. The zero-order valence-corrected chi connectivity index (χ0v) is 17.5. The number of hydrogen-bond donors (Lipinski definition) is 2. The van der Waals surface area contributed by atoms with E-state index in [1.54, 1.807) is 12.4 Å². The summed E-state index contributed by atoms with van der Waals surface area (Å²) in [5.41, 5.74) is 0.101. The van der Waals surface area contributed by atoms with Crippen molar-refractivity contribution in [2.24, 2.45) is 7.05 Å². The lowest BCUT2D eigenvalue weighted by molar-refractivity contribution is -0.136. The van der Waals surface area contributed by atoms with Gasteiger partial charge in [-0.15, -0.1) is 10.2 Å². The molecule has 0 saturated carbocycles. The van der Waals surface area contributed by atoms with Gasteiger partial charge in [0.05, 0.1) is 24.3 Å². The van der Waals surface area contributed by atoms with Gasteiger partial charge in [-0.25, -0.2) is 4.98 Å². The van der Waals surface area contributed by atoms with E-state index < -0.39 is 17.6 Å². The summed E-state index contributed by atoms with van der Waals surface area (Å²) < 4.78 is 47.1. The Labute approximate surface area is 185 Å². The van der Waals surface area contributed by atoms with E-state index in [9.17, 15) is 18.0 Å². The fraction of sp³-hybridized carbons (Fsp3) is 0.273. The van der Waals surface area contributed by atoms with Gasteiger partial charge in [0, 0.05) is 24.6 Å². The van der Waals surface area contributed by atoms with Gasteiger partial charge in [-0.3, -0.25) is 4.79 Å². The van der Waals surface area contributed by atoms with Crippen LogP contribution in [0.3, 0.4) is 0 Å². The Morgan fingerprint density at radius 1 is 1.24 bits per heavy atom. The van der Waals surface area contributed by atoms with Gasteiger partial charge in [-0.1, -0.05) is 18.2 Å². The number of anilines is 1. The summed E-state index contributed by atoms with van der Waals surface area (Å²) in [6.07, 6.45) is -2.32. The molecule has 8 nitrogen and oxygen atoms in total. The second-order valence-electron chi connectivity index (χ2n) is 8.13. The first kappa shape index (κ1) is 21.1. The van der Waals surface area contributed by atoms with Crippen LogP contribution in [0.15, 0.2) is 48.8 Å². The third kappa shape index (κ3) is 3.84. The first-order chi connectivity index (χ1) is 15.7. The van der Waals surface area contributed by atoms with Gasteiger partial charge in [-0.2, -0.15) is 13.2 Å². The SMILES string of the molecule is Cn1cnnc1CC1(c2cccc(NC(=O)c3nc4c(C(F)(F)F)cccc4[nH]3)c2)COC1. The lowest BCUT2D eigenvalue weighted by Crippen LogP contribution is -2.49. The number of alkyl halides is 3. The minimum atomic E-state index is -4.57. The van der Waals surface area contributed by atoms with Gasteiger partial charge in [0.2, 0.25) is 0 Å². The molecule has 11 heteroatoms. The van der Waals surface area contributed by atoms with Crippen LogP contribution in [0.1, 0.15) is 27.6 Å². The van der Waals surface area contributed by atoms with Crippen LogP contribution < -0.4 is 5.32 Å². The van der Waals surface area contributed by atoms with Crippen molar-refractivity contribution in [3.63, 3.8) is 0 Å². The number of carbonyl (C=O) groups excluding carboxylic acids is 1. The van der Waals surface area contributed by atoms with E-state index >= 15 is 0 Å². The van der Waals surface area contributed by atoms with E-state index in [0.717, 1.165) is 17.5 Å². The molecule has 0 unspecified atom stereocenters. The minimum absolute atomic E-state index is 0.137. The predicted octanol–water partition coefficient (Wildman–Crippen LogP) is 3.47. The maximum atomic E-state index is 13.3. The fourth-order valence-corrected chi connectivity index (χ4v) is 3.97. The fourth-order valence-electron chi connectivity index (χ4n) is 3.97. The number of aromatic nitrogens is 5. The van der Waals surface area contributed by atoms with Gasteiger partial charge in [0.25, 0.3) is 5.91 Å². The van der Waals surface area contributed by atoms with Crippen molar-refractivity contribution in [3.05, 3.63) is 71.6 Å². The number of H-pyrrole nitrogens is 1. The smallest absolute Gasteiger partial charge is 0.379 e. The summed E-state index contributed by atoms with van der Waals surface area (Å²) in [7, 11) is 1.87. The molecule has 2 N–H and O–H groups in total. The van der Waals surface area contributed by atoms with Gasteiger partial charge in [0.1, 0.15) is 17.7 Å². The molecule has 170 valence electrons. The van der Waals surface area contributed by atoms with E-state index in [1.165, 1.54) is 12.1 Å². The van der Waals surface area contributed by atoms with Crippen molar-refractivity contribution in [2.45, 2.75) is 18.0 Å². The zero-order chi connectivity index (χ0) is 23.2. The number of carbonyl (C=O) groups is 1. The highest BCUT2D eigenvalue weighted by Crippen LogP contribution is 2.37. The minimum Gasteiger partial charge on any atom is -0.379 e. The molecule has 0 atom stereocenters. The molecule has 0 aliphatic carbocycles. The summed E-state index contributed by atoms with van der Waals surface area (Å²) in [6.45, 7) is 1.00. The first-order valence-corrected chi connectivity index (χ1v) is 10.1. The number of hydrogen-bond acceptors (Lipinski definition) is 5. The predicted molar refractivity (Wildman–Crippen MR) is 113 cm³/mol. The molecule has 0 radical (unpaired) electrons. The molecule has 2 aromatic heterocycles. The molecule has 2 aromatic carbocycles. The average molecular weight is 456 g/mol. The van der Waals surface area contributed by atoms with E-state index in [1.807, 2.05) is 29.8 Å². The van der Waals surface area contributed by atoms with E-state index in [2.05, 4.69) is 25.5 Å². The molecule has 3 heterocycles. The van der Waals surface area contributed by atoms with Crippen molar-refractivity contribution in [2.75, 3.05) is 18.5 Å². The molecule has 33 heavy (non-hydrogen) atoms. The number of aromatic amines is 1. The number of para-hydroxylation sites is 1. The Hall–Kier alpha value is -3.73. The van der Waals surface area contributed by atoms with E-state index in [-0.39, 0.29) is 22.3 Å². The monoisotopic (exact) mass is 456 g/mol. The molecule has 0 bridgehead atoms. The topological polar surface area (TPSA) is 97.7 Å². The number of nitrogens with one attached hydrogen (secondary N) is 2. The molecule has 0 spiro atoms. The summed E-state index contributed by atoms with van der Waals surface area (Å²) in [5.74, 6) is -0.0213. The standard InChI is InChI=1S/C22H19F3N6O2/c1-31-12-26-30-17(31)9-21(10-33-11-21)13-4-2-5-14(8-13)27-20(32)19-28-16-7-3-6-15(18(16)29-19)22(23,24)25/h2-8,12H,9-11H2,1H3,(H,27,32)(H,28,29). The number of rotatable bonds is 5. The summed E-state index contributed by atoms with van der Waals surface area (Å²) >= 11 is 0. The Morgan fingerprint density at radius 3 is 2.70 bits per heavy atom. The Balaban J connectivity index is 1.40. The molecule has 1 saturated heterocycles. The van der Waals surface area contributed by atoms with Gasteiger partial charge >= 0.3 is 6.18 Å². The van der Waals surface area contributed by atoms with Crippen molar-refractivity contribution >= 4 is 22.6 Å². The van der Waals surface area contributed by atoms with Crippen LogP contribution in [-0.2, 0) is 29.8 Å². The van der Waals surface area contributed by atoms with Crippen molar-refractivity contribution < 1.29 is 22.7 Å². The highest BCUT2D eigenvalue weighted by molar-refractivity contribution is 6.03. The van der Waals surface area contributed by atoms with E-state index in [4.69, 9.17) is 4.74 Å². The number of amides is 1. The van der Waals surface area contributed by atoms with Gasteiger partial charge in [-0.05, 0) is 29.8 Å². The molecule has 1 aliphatic heterocycles. The van der Waals surface area contributed by atoms with Crippen LogP contribution in [-0.4, -0.2) is 43.9 Å². The first-order valence-electron chi connectivity index (χ1n) is 10.1. The number of nitrogens with zero attached hydrogens (tertiary/aromatic N) is 4. The van der Waals surface area contributed by atoms with Gasteiger partial charge < -0.3 is 19.6 Å². The number of aryl methyl sites for hydroxylation is 1. The van der Waals surface area contributed by atoms with Crippen molar-refractivity contribution in [3.8, 4) is 0 Å². The second kappa shape index (κ2) is 7.69. The van der Waals surface area contributed by atoms with Crippen molar-refractivity contribution in [1.29, 1.82) is 0 Å². The normalized spacial score (nSPS) is 15.4. The molecular weight excluding hydrogens is 437 g/mol. The second-order valence-corrected chi connectivity index (χ2v) is 8.13. The molecule has 1 aliphatic rings. The maximum absolute atomic E-state index is 13.3. The van der Waals surface area contributed by atoms with Crippen LogP contribution in [0.5, 0.6) is 0 Å². The third-order valence-corrected chi connectivity index (χ3v) is 5.82. The number of halogens is 3. The van der Waals surface area contributed by atoms with Crippen molar-refractivity contribution in [1.82, 2.24) is 24.7 Å². The largest absolute Gasteiger partial charge is 0.418 e. The summed E-state index contributed by atoms with van der Waals surface area (Å²) in [6, 6.07) is 11.0. The van der Waals surface area contributed by atoms with Crippen LogP contribution in [0.2, 0.25) is 0 Å². The summed E-state index contributed by atoms with van der Waals surface area (Å²) in [5, 5.41) is 10.8. The Kier molecular flexibility index (Phi) is 4.93. The highest BCUT2D eigenvalue weighted by atomic mass is 19.4. The third-order valence-electron chi connectivity index (χ3n) is 5.82. The Bertz CT molecular complexity index is 1340. The van der Waals surface area contributed by atoms with Gasteiger partial charge in [0.15, 0.2) is 5.82 Å². The lowest BCUT2D eigenvalue weighted by Gasteiger charge is -2.41. The number of fused-ring (bicyclic) bond motifs is 1. The average Bonchev–Trinajstić information content (AvgIpc) is 3.36. The number of benzene rings is 2. The molecule has 4 aromatic rings. The summed E-state index contributed by atoms with van der Waals surface area (Å²) in [4.78, 5) is 19.3. The quantitative estimate of drug-likeness (QED) is 0.479. The number of imidazole rings is 1. The van der Waals surface area contributed by atoms with E-state index in [0.29, 0.717) is 25.3 Å². The van der Waals surface area contributed by atoms with Crippen LogP contribution >= 0.6 is 0 Å².